The van der Waals surface area contributed by atoms with Gasteiger partial charge in [-0.2, -0.15) is 0 Å². The molecule has 1 aliphatic rings. The van der Waals surface area contributed by atoms with Gasteiger partial charge < -0.3 is 15.7 Å². The summed E-state index contributed by atoms with van der Waals surface area (Å²) >= 11 is 0. The first-order valence-corrected chi connectivity index (χ1v) is 9.08. The molecule has 5 heteroatoms. The Morgan fingerprint density at radius 2 is 1.76 bits per heavy atom. The van der Waals surface area contributed by atoms with E-state index in [4.69, 9.17) is 0 Å². The molecule has 0 radical (unpaired) electrons. The zero-order valence-electron chi connectivity index (χ0n) is 16.2. The molecule has 2 amide bonds. The van der Waals surface area contributed by atoms with E-state index in [0.29, 0.717) is 32.2 Å². The number of hydrogen-bond acceptors (Lipinski definition) is 3. The Balaban J connectivity index is 2.88. The fourth-order valence-corrected chi connectivity index (χ4v) is 3.87. The van der Waals surface area contributed by atoms with E-state index in [1.807, 2.05) is 27.7 Å². The molecule has 0 spiro atoms. The molecule has 25 heavy (non-hydrogen) atoms. The Morgan fingerprint density at radius 1 is 1.20 bits per heavy atom. The average molecular weight is 351 g/mol. The molecule has 0 unspecified atom stereocenters. The molecule has 3 N–H and O–H groups in total. The number of carbonyl (C=O) groups is 2. The van der Waals surface area contributed by atoms with Crippen molar-refractivity contribution in [3.05, 3.63) is 25.3 Å². The fraction of sp³-hybridized carbons (Fsp3) is 0.700. The Hall–Kier alpha value is -1.62. The van der Waals surface area contributed by atoms with E-state index in [1.54, 1.807) is 12.2 Å². The van der Waals surface area contributed by atoms with Gasteiger partial charge in [0, 0.05) is 19.0 Å². The topological polar surface area (TPSA) is 78.4 Å². The maximum Gasteiger partial charge on any atom is 0.226 e. The van der Waals surface area contributed by atoms with Crippen molar-refractivity contribution in [2.45, 2.75) is 59.0 Å². The normalized spacial score (nSPS) is 25.2. The quantitative estimate of drug-likeness (QED) is 0.559. The summed E-state index contributed by atoms with van der Waals surface area (Å²) in [6.45, 7) is 15.8. The van der Waals surface area contributed by atoms with Gasteiger partial charge in [-0.15, -0.1) is 13.2 Å². The van der Waals surface area contributed by atoms with E-state index in [9.17, 15) is 14.7 Å². The summed E-state index contributed by atoms with van der Waals surface area (Å²) in [6, 6.07) is 0. The lowest BCUT2D eigenvalue weighted by atomic mass is 9.65. The van der Waals surface area contributed by atoms with Gasteiger partial charge in [-0.25, -0.2) is 0 Å². The minimum Gasteiger partial charge on any atom is -0.387 e. The van der Waals surface area contributed by atoms with E-state index in [2.05, 4.69) is 23.8 Å². The summed E-state index contributed by atoms with van der Waals surface area (Å²) < 4.78 is 0. The smallest absolute Gasteiger partial charge is 0.226 e. The predicted molar refractivity (Wildman–Crippen MR) is 101 cm³/mol. The van der Waals surface area contributed by atoms with Crippen LogP contribution in [0.4, 0.5) is 0 Å². The lowest BCUT2D eigenvalue weighted by Gasteiger charge is -2.40. The van der Waals surface area contributed by atoms with Crippen LogP contribution in [0.25, 0.3) is 0 Å². The van der Waals surface area contributed by atoms with E-state index in [1.165, 1.54) is 0 Å². The van der Waals surface area contributed by atoms with Gasteiger partial charge in [-0.1, -0.05) is 32.9 Å². The van der Waals surface area contributed by atoms with Crippen LogP contribution in [0.3, 0.4) is 0 Å². The molecule has 142 valence electrons. The highest BCUT2D eigenvalue weighted by Crippen LogP contribution is 2.56. The molecule has 0 aromatic heterocycles. The highest BCUT2D eigenvalue weighted by molar-refractivity contribution is 5.87. The van der Waals surface area contributed by atoms with Crippen molar-refractivity contribution < 1.29 is 14.7 Å². The van der Waals surface area contributed by atoms with Crippen LogP contribution in [0.2, 0.25) is 0 Å². The lowest BCUT2D eigenvalue weighted by molar-refractivity contribution is -0.139. The van der Waals surface area contributed by atoms with Crippen LogP contribution in [0, 0.1) is 16.7 Å². The summed E-state index contributed by atoms with van der Waals surface area (Å²) in [7, 11) is 0. The van der Waals surface area contributed by atoms with Gasteiger partial charge in [0.05, 0.1) is 11.0 Å². The molecule has 0 aliphatic heterocycles. The van der Waals surface area contributed by atoms with Crippen LogP contribution < -0.4 is 10.6 Å². The molecule has 0 saturated heterocycles. The average Bonchev–Trinajstić information content (AvgIpc) is 2.77. The van der Waals surface area contributed by atoms with Gasteiger partial charge in [0.25, 0.3) is 0 Å². The molecule has 0 heterocycles. The van der Waals surface area contributed by atoms with Gasteiger partial charge in [0.15, 0.2) is 0 Å². The van der Waals surface area contributed by atoms with Crippen molar-refractivity contribution in [3.63, 3.8) is 0 Å². The number of carbonyl (C=O) groups excluding carboxylic acids is 2. The minimum atomic E-state index is -1.07. The van der Waals surface area contributed by atoms with Gasteiger partial charge in [0.2, 0.25) is 11.8 Å². The Labute approximate surface area is 152 Å². The zero-order chi connectivity index (χ0) is 19.3. The van der Waals surface area contributed by atoms with Crippen LogP contribution in [-0.4, -0.2) is 35.6 Å². The maximum atomic E-state index is 13.0. The van der Waals surface area contributed by atoms with E-state index < -0.39 is 16.4 Å². The second-order valence-electron chi connectivity index (χ2n) is 7.93. The van der Waals surface area contributed by atoms with Crippen LogP contribution >= 0.6 is 0 Å². The number of rotatable bonds is 9. The molecular formula is C20H34N2O3. The number of amides is 2. The second kappa shape index (κ2) is 8.17. The summed E-state index contributed by atoms with van der Waals surface area (Å²) in [5, 5.41) is 16.4. The molecule has 0 aromatic carbocycles. The van der Waals surface area contributed by atoms with Crippen LogP contribution in [0.15, 0.2) is 25.3 Å². The molecule has 1 rings (SSSR count). The third-order valence-electron chi connectivity index (χ3n) is 6.02. The highest BCUT2D eigenvalue weighted by atomic mass is 16.3. The van der Waals surface area contributed by atoms with E-state index in [0.717, 1.165) is 0 Å². The lowest BCUT2D eigenvalue weighted by Crippen LogP contribution is -2.52. The zero-order valence-corrected chi connectivity index (χ0v) is 16.2. The molecule has 0 aromatic rings. The molecule has 1 aliphatic carbocycles. The largest absolute Gasteiger partial charge is 0.387 e. The Morgan fingerprint density at radius 3 is 2.24 bits per heavy atom. The number of aliphatic hydroxyl groups is 1. The van der Waals surface area contributed by atoms with Crippen molar-refractivity contribution in [2.24, 2.45) is 16.7 Å². The van der Waals surface area contributed by atoms with Gasteiger partial charge in [-0.05, 0) is 38.0 Å². The third-order valence-corrected chi connectivity index (χ3v) is 6.02. The number of nitrogens with one attached hydrogen (secondary N) is 2. The van der Waals surface area contributed by atoms with Crippen LogP contribution in [0.1, 0.15) is 53.4 Å². The number of hydrogen-bond donors (Lipinski definition) is 3. The molecular weight excluding hydrogens is 316 g/mol. The first kappa shape index (κ1) is 21.4. The maximum absolute atomic E-state index is 13.0. The van der Waals surface area contributed by atoms with Crippen molar-refractivity contribution in [3.8, 4) is 0 Å². The molecule has 1 saturated carbocycles. The Kier molecular flexibility index (Phi) is 7.00. The Bertz CT molecular complexity index is 517. The molecule has 0 bridgehead atoms. The summed E-state index contributed by atoms with van der Waals surface area (Å²) in [5.74, 6) is -0.293. The van der Waals surface area contributed by atoms with Crippen molar-refractivity contribution >= 4 is 11.8 Å². The SMILES string of the molecule is C=CCC(O)(CC=C)CNC(=O)[C@]1(C)CC[C@H](C(=O)NCC)C1(C)C. The van der Waals surface area contributed by atoms with Crippen LogP contribution in [-0.2, 0) is 9.59 Å². The first-order valence-electron chi connectivity index (χ1n) is 9.08. The highest BCUT2D eigenvalue weighted by Gasteiger charge is 2.57. The first-order chi connectivity index (χ1) is 11.6. The molecule has 1 fully saturated rings. The van der Waals surface area contributed by atoms with Gasteiger partial charge in [0.1, 0.15) is 0 Å². The summed E-state index contributed by atoms with van der Waals surface area (Å²) in [6.07, 6.45) is 5.37. The van der Waals surface area contributed by atoms with Crippen molar-refractivity contribution in [1.29, 1.82) is 0 Å². The fourth-order valence-electron chi connectivity index (χ4n) is 3.87. The summed E-state index contributed by atoms with van der Waals surface area (Å²) in [4.78, 5) is 25.3. The molecule has 5 nitrogen and oxygen atoms in total. The predicted octanol–water partition coefficient (Wildman–Crippen LogP) is 2.56. The van der Waals surface area contributed by atoms with Crippen molar-refractivity contribution in [2.75, 3.05) is 13.1 Å². The standard InChI is InChI=1S/C20H34N2O3/c1-7-11-20(25,12-8-2)14-22-17(24)19(6)13-10-15(18(19,4)5)16(23)21-9-3/h7-8,15,25H,1-2,9-14H2,3-6H3,(H,21,23)(H,22,24)/t15-,19+/m1/s1. The van der Waals surface area contributed by atoms with Crippen LogP contribution in [0.5, 0.6) is 0 Å². The second-order valence-corrected chi connectivity index (χ2v) is 7.93. The van der Waals surface area contributed by atoms with Gasteiger partial charge >= 0.3 is 0 Å². The van der Waals surface area contributed by atoms with E-state index >= 15 is 0 Å². The molecule has 2 atom stereocenters. The van der Waals surface area contributed by atoms with E-state index in [-0.39, 0.29) is 24.3 Å². The summed E-state index contributed by atoms with van der Waals surface area (Å²) in [5.41, 5.74) is -2.20. The van der Waals surface area contributed by atoms with Crippen molar-refractivity contribution in [1.82, 2.24) is 10.6 Å². The minimum absolute atomic E-state index is 0.0128. The monoisotopic (exact) mass is 350 g/mol. The third kappa shape index (κ3) is 4.32. The van der Waals surface area contributed by atoms with Gasteiger partial charge in [-0.3, -0.25) is 9.59 Å².